The molecule has 23 heavy (non-hydrogen) atoms. The number of aromatic nitrogens is 2. The minimum absolute atomic E-state index is 0.0716. The second-order valence-electron chi connectivity index (χ2n) is 4.62. The highest BCUT2D eigenvalue weighted by atomic mass is 35.5. The summed E-state index contributed by atoms with van der Waals surface area (Å²) < 4.78 is 1.16. The second-order valence-corrected chi connectivity index (χ2v) is 6.85. The molecule has 0 amide bonds. The first kappa shape index (κ1) is 16.3. The van der Waals surface area contributed by atoms with Crippen LogP contribution in [-0.2, 0) is 6.54 Å². The standard InChI is InChI=1S/C15H10Cl3N3OS/c16-11-6-9(21-15(22)14(18)12(17)8-20-21)3-4-13(11)19-7-10-2-1-5-23-10/h1-6,8,19H,7H2. The molecule has 2 heterocycles. The van der Waals surface area contributed by atoms with Gasteiger partial charge >= 0.3 is 0 Å². The molecular weight excluding hydrogens is 377 g/mol. The van der Waals surface area contributed by atoms with Crippen LogP contribution in [0.25, 0.3) is 5.69 Å². The summed E-state index contributed by atoms with van der Waals surface area (Å²) >= 11 is 19.6. The van der Waals surface area contributed by atoms with Crippen LogP contribution in [0, 0.1) is 0 Å². The van der Waals surface area contributed by atoms with E-state index < -0.39 is 5.56 Å². The zero-order valence-electron chi connectivity index (χ0n) is 11.6. The maximum absolute atomic E-state index is 12.1. The molecule has 0 aliphatic carbocycles. The first-order valence-corrected chi connectivity index (χ1v) is 8.57. The maximum Gasteiger partial charge on any atom is 0.291 e. The molecule has 0 radical (unpaired) electrons. The minimum atomic E-state index is -0.491. The minimum Gasteiger partial charge on any atom is -0.379 e. The Balaban J connectivity index is 1.87. The van der Waals surface area contributed by atoms with Crippen molar-refractivity contribution in [2.24, 2.45) is 0 Å². The average Bonchev–Trinajstić information content (AvgIpc) is 3.05. The van der Waals surface area contributed by atoms with Gasteiger partial charge in [-0.2, -0.15) is 9.78 Å². The van der Waals surface area contributed by atoms with E-state index in [0.29, 0.717) is 17.3 Å². The van der Waals surface area contributed by atoms with Gasteiger partial charge in [0.1, 0.15) is 5.02 Å². The molecule has 0 saturated heterocycles. The lowest BCUT2D eigenvalue weighted by molar-refractivity contribution is 0.807. The number of nitrogens with one attached hydrogen (secondary N) is 1. The summed E-state index contributed by atoms with van der Waals surface area (Å²) in [7, 11) is 0. The van der Waals surface area contributed by atoms with Gasteiger partial charge in [-0.05, 0) is 29.6 Å². The molecular formula is C15H10Cl3N3OS. The third-order valence-corrected chi connectivity index (χ3v) is 5.04. The highest BCUT2D eigenvalue weighted by Crippen LogP contribution is 2.26. The number of rotatable bonds is 4. The van der Waals surface area contributed by atoms with E-state index in [1.165, 1.54) is 11.1 Å². The fourth-order valence-corrected chi connectivity index (χ4v) is 3.11. The molecule has 0 unspecified atom stereocenters. The summed E-state index contributed by atoms with van der Waals surface area (Å²) in [6.45, 7) is 0.682. The molecule has 0 fully saturated rings. The van der Waals surface area contributed by atoms with Crippen LogP contribution in [0.4, 0.5) is 5.69 Å². The predicted molar refractivity (Wildman–Crippen MR) is 96.5 cm³/mol. The third-order valence-electron chi connectivity index (χ3n) is 3.11. The van der Waals surface area contributed by atoms with Crippen molar-refractivity contribution in [3.05, 3.63) is 72.2 Å². The molecule has 1 aromatic carbocycles. The fraction of sp³-hybridized carbons (Fsp3) is 0.0667. The fourth-order valence-electron chi connectivity index (χ4n) is 1.97. The van der Waals surface area contributed by atoms with E-state index in [4.69, 9.17) is 34.8 Å². The van der Waals surface area contributed by atoms with Crippen LogP contribution in [-0.4, -0.2) is 9.78 Å². The first-order chi connectivity index (χ1) is 11.1. The van der Waals surface area contributed by atoms with Crippen LogP contribution in [0.15, 0.2) is 46.7 Å². The van der Waals surface area contributed by atoms with Gasteiger partial charge in [0.25, 0.3) is 5.56 Å². The summed E-state index contributed by atoms with van der Waals surface area (Å²) in [6, 6.07) is 9.22. The Morgan fingerprint density at radius 2 is 2.00 bits per heavy atom. The summed E-state index contributed by atoms with van der Waals surface area (Å²) in [5.41, 5.74) is 0.798. The molecule has 8 heteroatoms. The van der Waals surface area contributed by atoms with Crippen molar-refractivity contribution in [3.8, 4) is 5.69 Å². The Morgan fingerprint density at radius 1 is 1.17 bits per heavy atom. The molecule has 0 bridgehead atoms. The van der Waals surface area contributed by atoms with E-state index in [1.54, 1.807) is 29.5 Å². The number of hydrogen-bond acceptors (Lipinski definition) is 4. The van der Waals surface area contributed by atoms with Crippen molar-refractivity contribution in [2.45, 2.75) is 6.54 Å². The van der Waals surface area contributed by atoms with Gasteiger partial charge in [-0.25, -0.2) is 0 Å². The third kappa shape index (κ3) is 3.53. The van der Waals surface area contributed by atoms with Crippen LogP contribution >= 0.6 is 46.1 Å². The summed E-state index contributed by atoms with van der Waals surface area (Å²) in [6.07, 6.45) is 1.32. The van der Waals surface area contributed by atoms with E-state index in [-0.39, 0.29) is 10.0 Å². The van der Waals surface area contributed by atoms with Gasteiger partial charge in [-0.15, -0.1) is 11.3 Å². The van der Waals surface area contributed by atoms with Gasteiger partial charge in [-0.1, -0.05) is 40.9 Å². The average molecular weight is 387 g/mol. The smallest absolute Gasteiger partial charge is 0.291 e. The topological polar surface area (TPSA) is 46.9 Å². The van der Waals surface area contributed by atoms with Gasteiger partial charge in [0.15, 0.2) is 0 Å². The van der Waals surface area contributed by atoms with Gasteiger partial charge in [0.2, 0.25) is 0 Å². The van der Waals surface area contributed by atoms with Crippen LogP contribution in [0.5, 0.6) is 0 Å². The largest absolute Gasteiger partial charge is 0.379 e. The van der Waals surface area contributed by atoms with Gasteiger partial charge < -0.3 is 5.32 Å². The molecule has 2 aromatic heterocycles. The summed E-state index contributed by atoms with van der Waals surface area (Å²) in [4.78, 5) is 13.3. The molecule has 3 rings (SSSR count). The van der Waals surface area contributed by atoms with Gasteiger partial charge in [0.05, 0.1) is 27.6 Å². The van der Waals surface area contributed by atoms with Crippen LogP contribution < -0.4 is 10.9 Å². The van der Waals surface area contributed by atoms with Crippen molar-refractivity contribution in [1.29, 1.82) is 0 Å². The molecule has 1 N–H and O–H groups in total. The highest BCUT2D eigenvalue weighted by molar-refractivity contribution is 7.09. The SMILES string of the molecule is O=c1c(Cl)c(Cl)cnn1-c1ccc(NCc2cccs2)c(Cl)c1. The van der Waals surface area contributed by atoms with E-state index in [1.807, 2.05) is 17.5 Å². The van der Waals surface area contributed by atoms with Crippen molar-refractivity contribution in [2.75, 3.05) is 5.32 Å². The zero-order valence-corrected chi connectivity index (χ0v) is 14.7. The van der Waals surface area contributed by atoms with E-state index in [9.17, 15) is 4.79 Å². The van der Waals surface area contributed by atoms with E-state index in [0.717, 1.165) is 10.4 Å². The quantitative estimate of drug-likeness (QED) is 0.696. The Kier molecular flexibility index (Phi) is 4.92. The van der Waals surface area contributed by atoms with Gasteiger partial charge in [-0.3, -0.25) is 4.79 Å². The monoisotopic (exact) mass is 385 g/mol. The lowest BCUT2D eigenvalue weighted by Crippen LogP contribution is -2.21. The number of halogens is 3. The summed E-state index contributed by atoms with van der Waals surface area (Å²) in [5, 5.41) is 9.78. The molecule has 118 valence electrons. The zero-order chi connectivity index (χ0) is 16.4. The van der Waals surface area contributed by atoms with Crippen molar-refractivity contribution < 1.29 is 0 Å². The highest BCUT2D eigenvalue weighted by Gasteiger charge is 2.10. The van der Waals surface area contributed by atoms with Crippen LogP contribution in [0.3, 0.4) is 0 Å². The van der Waals surface area contributed by atoms with Crippen molar-refractivity contribution >= 4 is 51.8 Å². The molecule has 0 aliphatic rings. The molecule has 0 aliphatic heterocycles. The lowest BCUT2D eigenvalue weighted by atomic mass is 10.2. The number of thiophene rings is 1. The summed E-state index contributed by atoms with van der Waals surface area (Å²) in [5.74, 6) is 0. The molecule has 0 saturated carbocycles. The Hall–Kier alpha value is -1.53. The van der Waals surface area contributed by atoms with Crippen LogP contribution in [0.2, 0.25) is 15.1 Å². The van der Waals surface area contributed by atoms with Crippen molar-refractivity contribution in [3.63, 3.8) is 0 Å². The normalized spacial score (nSPS) is 10.7. The molecule has 3 aromatic rings. The molecule has 0 spiro atoms. The number of nitrogens with zero attached hydrogens (tertiary/aromatic N) is 2. The number of hydrogen-bond donors (Lipinski definition) is 1. The Bertz CT molecular complexity index is 893. The predicted octanol–water partition coefficient (Wildman–Crippen LogP) is 4.87. The maximum atomic E-state index is 12.1. The first-order valence-electron chi connectivity index (χ1n) is 6.56. The van der Waals surface area contributed by atoms with E-state index in [2.05, 4.69) is 10.4 Å². The Labute approximate surface area is 151 Å². The molecule has 0 atom stereocenters. The number of anilines is 1. The lowest BCUT2D eigenvalue weighted by Gasteiger charge is -2.10. The van der Waals surface area contributed by atoms with Crippen molar-refractivity contribution in [1.82, 2.24) is 9.78 Å². The van der Waals surface area contributed by atoms with Gasteiger partial charge in [0, 0.05) is 11.4 Å². The Morgan fingerprint density at radius 3 is 2.70 bits per heavy atom. The number of benzene rings is 1. The second kappa shape index (κ2) is 6.93. The molecule has 4 nitrogen and oxygen atoms in total. The van der Waals surface area contributed by atoms with E-state index >= 15 is 0 Å². The van der Waals surface area contributed by atoms with Crippen LogP contribution in [0.1, 0.15) is 4.88 Å².